The van der Waals surface area contributed by atoms with Gasteiger partial charge in [-0.1, -0.05) is 43.3 Å². The van der Waals surface area contributed by atoms with Crippen LogP contribution in [0.3, 0.4) is 0 Å². The second-order valence-electron chi connectivity index (χ2n) is 5.69. The van der Waals surface area contributed by atoms with Gasteiger partial charge in [0.2, 0.25) is 5.89 Å². The topological polar surface area (TPSA) is 71.2 Å². The maximum Gasteiger partial charge on any atom is 0.244 e. The second-order valence-corrected chi connectivity index (χ2v) is 5.69. The fourth-order valence-electron chi connectivity index (χ4n) is 2.31. The van der Waals surface area contributed by atoms with Crippen LogP contribution < -0.4 is 5.32 Å². The van der Waals surface area contributed by atoms with E-state index in [4.69, 9.17) is 4.52 Å². The third kappa shape index (κ3) is 3.89. The first-order valence-electron chi connectivity index (χ1n) is 7.27. The molecule has 1 aromatic carbocycles. The standard InChI is InChI=1S/C16H23N3O2/c1-10(2)15(16-18-12(4)19-21-16)17-11(3)14-7-5-6-13(8-14)9-20/h5-8,10-11,15,17,20H,9H2,1-4H3. The largest absolute Gasteiger partial charge is 0.392 e. The Bertz CT molecular complexity index is 580. The minimum Gasteiger partial charge on any atom is -0.392 e. The molecular formula is C16H23N3O2. The van der Waals surface area contributed by atoms with Crippen LogP contribution in [0.5, 0.6) is 0 Å². The average molecular weight is 289 g/mol. The Balaban J connectivity index is 2.16. The minimum atomic E-state index is -0.000942. The molecule has 2 N–H and O–H groups in total. The number of aliphatic hydroxyl groups excluding tert-OH is 1. The van der Waals surface area contributed by atoms with Crippen molar-refractivity contribution in [2.24, 2.45) is 5.92 Å². The smallest absolute Gasteiger partial charge is 0.244 e. The molecule has 114 valence electrons. The van der Waals surface area contributed by atoms with E-state index in [1.807, 2.05) is 31.2 Å². The number of aromatic nitrogens is 2. The molecule has 2 rings (SSSR count). The van der Waals surface area contributed by atoms with Crippen LogP contribution >= 0.6 is 0 Å². The van der Waals surface area contributed by atoms with Gasteiger partial charge in [0.05, 0.1) is 12.6 Å². The quantitative estimate of drug-likeness (QED) is 0.855. The molecule has 2 unspecified atom stereocenters. The predicted molar refractivity (Wildman–Crippen MR) is 80.5 cm³/mol. The Labute approximate surface area is 125 Å². The van der Waals surface area contributed by atoms with E-state index in [0.717, 1.165) is 11.1 Å². The van der Waals surface area contributed by atoms with Crippen molar-refractivity contribution < 1.29 is 9.63 Å². The molecular weight excluding hydrogens is 266 g/mol. The molecule has 0 bridgehead atoms. The van der Waals surface area contributed by atoms with E-state index in [9.17, 15) is 5.11 Å². The summed E-state index contributed by atoms with van der Waals surface area (Å²) in [6.07, 6.45) is 0. The summed E-state index contributed by atoms with van der Waals surface area (Å²) in [4.78, 5) is 4.33. The van der Waals surface area contributed by atoms with Crippen LogP contribution in [0, 0.1) is 12.8 Å². The highest BCUT2D eigenvalue weighted by Crippen LogP contribution is 2.25. The lowest BCUT2D eigenvalue weighted by Gasteiger charge is -2.24. The number of rotatable bonds is 6. The van der Waals surface area contributed by atoms with Gasteiger partial charge in [-0.15, -0.1) is 0 Å². The Hall–Kier alpha value is -1.72. The van der Waals surface area contributed by atoms with Crippen LogP contribution in [0.1, 0.15) is 55.7 Å². The summed E-state index contributed by atoms with van der Waals surface area (Å²) >= 11 is 0. The van der Waals surface area contributed by atoms with Crippen molar-refractivity contribution in [3.05, 3.63) is 47.1 Å². The van der Waals surface area contributed by atoms with E-state index >= 15 is 0 Å². The van der Waals surface area contributed by atoms with Crippen LogP contribution in [0.2, 0.25) is 0 Å². The van der Waals surface area contributed by atoms with Crippen LogP contribution in [-0.2, 0) is 6.61 Å². The number of aliphatic hydroxyl groups is 1. The van der Waals surface area contributed by atoms with E-state index < -0.39 is 0 Å². The summed E-state index contributed by atoms with van der Waals surface area (Å²) in [5.74, 6) is 1.59. The van der Waals surface area contributed by atoms with Crippen LogP contribution in [-0.4, -0.2) is 15.2 Å². The van der Waals surface area contributed by atoms with Gasteiger partial charge in [-0.3, -0.25) is 5.32 Å². The molecule has 0 radical (unpaired) electrons. The molecule has 0 aliphatic carbocycles. The molecule has 0 amide bonds. The van der Waals surface area contributed by atoms with Gasteiger partial charge in [-0.25, -0.2) is 0 Å². The van der Waals surface area contributed by atoms with Gasteiger partial charge in [-0.2, -0.15) is 4.98 Å². The van der Waals surface area contributed by atoms with E-state index in [2.05, 4.69) is 36.2 Å². The fourth-order valence-corrected chi connectivity index (χ4v) is 2.31. The van der Waals surface area contributed by atoms with Gasteiger partial charge < -0.3 is 9.63 Å². The summed E-state index contributed by atoms with van der Waals surface area (Å²) < 4.78 is 5.31. The molecule has 1 aromatic heterocycles. The SMILES string of the molecule is Cc1noc(C(NC(C)c2cccc(CO)c2)C(C)C)n1. The van der Waals surface area contributed by atoms with Crippen molar-refractivity contribution in [3.8, 4) is 0 Å². The molecule has 21 heavy (non-hydrogen) atoms. The first kappa shape index (κ1) is 15.7. The van der Waals surface area contributed by atoms with Crippen molar-refractivity contribution >= 4 is 0 Å². The number of hydrogen-bond acceptors (Lipinski definition) is 5. The first-order valence-corrected chi connectivity index (χ1v) is 7.27. The lowest BCUT2D eigenvalue weighted by atomic mass is 10.00. The number of benzene rings is 1. The average Bonchev–Trinajstić information content (AvgIpc) is 2.90. The Morgan fingerprint density at radius 3 is 2.62 bits per heavy atom. The van der Waals surface area contributed by atoms with Crippen molar-refractivity contribution in [1.82, 2.24) is 15.5 Å². The van der Waals surface area contributed by atoms with Crippen LogP contribution in [0.15, 0.2) is 28.8 Å². The van der Waals surface area contributed by atoms with Crippen molar-refractivity contribution in [2.75, 3.05) is 0 Å². The molecule has 2 atom stereocenters. The summed E-state index contributed by atoms with van der Waals surface area (Å²) in [6, 6.07) is 8.05. The summed E-state index contributed by atoms with van der Waals surface area (Å²) in [7, 11) is 0. The van der Waals surface area contributed by atoms with E-state index in [1.54, 1.807) is 0 Å². The molecule has 0 saturated heterocycles. The molecule has 0 spiro atoms. The molecule has 0 saturated carbocycles. The maximum atomic E-state index is 9.24. The van der Waals surface area contributed by atoms with Gasteiger partial charge in [0.1, 0.15) is 0 Å². The first-order chi connectivity index (χ1) is 10.0. The Morgan fingerprint density at radius 2 is 2.05 bits per heavy atom. The highest BCUT2D eigenvalue weighted by atomic mass is 16.5. The Kier molecular flexibility index (Phi) is 5.09. The second kappa shape index (κ2) is 6.83. The van der Waals surface area contributed by atoms with Gasteiger partial charge >= 0.3 is 0 Å². The predicted octanol–water partition coefficient (Wildman–Crippen LogP) is 2.92. The summed E-state index contributed by atoms with van der Waals surface area (Å²) in [5, 5.41) is 16.6. The molecule has 0 aliphatic heterocycles. The van der Waals surface area contributed by atoms with Crippen LogP contribution in [0.4, 0.5) is 0 Å². The molecule has 2 aromatic rings. The van der Waals surface area contributed by atoms with Gasteiger partial charge in [0, 0.05) is 6.04 Å². The van der Waals surface area contributed by atoms with E-state index in [1.165, 1.54) is 0 Å². The normalized spacial score (nSPS) is 14.4. The zero-order valence-electron chi connectivity index (χ0n) is 13.0. The lowest BCUT2D eigenvalue weighted by Crippen LogP contribution is -2.28. The number of hydrogen-bond donors (Lipinski definition) is 2. The van der Waals surface area contributed by atoms with Gasteiger partial charge in [-0.05, 0) is 30.9 Å². The Morgan fingerprint density at radius 1 is 1.29 bits per heavy atom. The van der Waals surface area contributed by atoms with Crippen molar-refractivity contribution in [3.63, 3.8) is 0 Å². The summed E-state index contributed by atoms with van der Waals surface area (Å²) in [6.45, 7) is 8.20. The van der Waals surface area contributed by atoms with Gasteiger partial charge in [0.25, 0.3) is 0 Å². The number of aryl methyl sites for hydroxylation is 1. The fraction of sp³-hybridized carbons (Fsp3) is 0.500. The molecule has 5 heteroatoms. The monoisotopic (exact) mass is 289 g/mol. The molecule has 1 heterocycles. The minimum absolute atomic E-state index is 0.000942. The zero-order chi connectivity index (χ0) is 15.4. The van der Waals surface area contributed by atoms with E-state index in [0.29, 0.717) is 17.6 Å². The van der Waals surface area contributed by atoms with Crippen molar-refractivity contribution in [1.29, 1.82) is 0 Å². The third-order valence-electron chi connectivity index (χ3n) is 3.54. The van der Waals surface area contributed by atoms with E-state index in [-0.39, 0.29) is 18.7 Å². The van der Waals surface area contributed by atoms with Crippen LogP contribution in [0.25, 0.3) is 0 Å². The van der Waals surface area contributed by atoms with Crippen molar-refractivity contribution in [2.45, 2.75) is 46.4 Å². The molecule has 0 fully saturated rings. The summed E-state index contributed by atoms with van der Waals surface area (Å²) in [5.41, 5.74) is 2.04. The van der Waals surface area contributed by atoms with Gasteiger partial charge in [0.15, 0.2) is 5.82 Å². The highest BCUT2D eigenvalue weighted by Gasteiger charge is 2.24. The molecule has 5 nitrogen and oxygen atoms in total. The third-order valence-corrected chi connectivity index (χ3v) is 3.54. The molecule has 0 aliphatic rings. The number of nitrogens with one attached hydrogen (secondary N) is 1. The zero-order valence-corrected chi connectivity index (χ0v) is 13.0. The lowest BCUT2D eigenvalue weighted by molar-refractivity contribution is 0.272. The maximum absolute atomic E-state index is 9.24. The highest BCUT2D eigenvalue weighted by molar-refractivity contribution is 5.25. The number of nitrogens with zero attached hydrogens (tertiary/aromatic N) is 2.